The summed E-state index contributed by atoms with van der Waals surface area (Å²) in [6.45, 7) is 4.17. The van der Waals surface area contributed by atoms with Crippen LogP contribution in [-0.2, 0) is 16.6 Å². The van der Waals surface area contributed by atoms with Gasteiger partial charge in [0.25, 0.3) is 0 Å². The number of nitrogens with two attached hydrogens (primary N) is 1. The van der Waals surface area contributed by atoms with Crippen LogP contribution in [0.1, 0.15) is 18.2 Å². The summed E-state index contributed by atoms with van der Waals surface area (Å²) in [6.07, 6.45) is 0. The van der Waals surface area contributed by atoms with Crippen LogP contribution in [0, 0.1) is 12.8 Å². The Morgan fingerprint density at radius 1 is 1.63 bits per heavy atom. The number of anilines is 1. The number of carbonyl (C=O) groups is 1. The fourth-order valence-electron chi connectivity index (χ4n) is 2.15. The van der Waals surface area contributed by atoms with Crippen LogP contribution in [0.2, 0.25) is 0 Å². The molecule has 1 heterocycles. The van der Waals surface area contributed by atoms with Crippen LogP contribution in [0.25, 0.3) is 0 Å². The summed E-state index contributed by atoms with van der Waals surface area (Å²) in [5, 5.41) is 4.32. The normalized spacial score (nSPS) is 12.1. The second kappa shape index (κ2) is 6.01. The lowest BCUT2D eigenvalue weighted by Crippen LogP contribution is -2.32. The van der Waals surface area contributed by atoms with E-state index in [4.69, 9.17) is 22.7 Å². The van der Waals surface area contributed by atoms with Gasteiger partial charge in [0.2, 0.25) is 0 Å². The molecule has 1 atom stereocenters. The first-order chi connectivity index (χ1) is 8.79. The van der Waals surface area contributed by atoms with Crippen molar-refractivity contribution >= 4 is 29.0 Å². The van der Waals surface area contributed by atoms with Crippen LogP contribution in [0.4, 0.5) is 5.82 Å². The second-order valence-corrected chi connectivity index (χ2v) is 5.02. The third-order valence-corrected chi connectivity index (χ3v) is 3.16. The SMILES string of the molecule is COC(=O)C(C)CN(C)c1c(C(N)=S)c(C)nn1C. The number of nitrogens with zero attached hydrogens (tertiary/aromatic N) is 3. The summed E-state index contributed by atoms with van der Waals surface area (Å²) in [5.74, 6) is 0.313. The molecule has 106 valence electrons. The monoisotopic (exact) mass is 284 g/mol. The van der Waals surface area contributed by atoms with Crippen molar-refractivity contribution < 1.29 is 9.53 Å². The molecule has 0 aromatic carbocycles. The molecule has 0 radical (unpaired) electrons. The number of ether oxygens (including phenoxy) is 1. The van der Waals surface area contributed by atoms with E-state index in [9.17, 15) is 4.79 Å². The predicted octanol–water partition coefficient (Wildman–Crippen LogP) is 0.608. The molecular weight excluding hydrogens is 264 g/mol. The number of rotatable bonds is 5. The summed E-state index contributed by atoms with van der Waals surface area (Å²) >= 11 is 5.06. The second-order valence-electron chi connectivity index (χ2n) is 4.58. The summed E-state index contributed by atoms with van der Waals surface area (Å²) in [4.78, 5) is 13.7. The van der Waals surface area contributed by atoms with Gasteiger partial charge in [0.1, 0.15) is 10.8 Å². The number of methoxy groups -OCH3 is 1. The fourth-order valence-corrected chi connectivity index (χ4v) is 2.38. The Morgan fingerprint density at radius 3 is 2.68 bits per heavy atom. The molecule has 0 aliphatic heterocycles. The zero-order valence-electron chi connectivity index (χ0n) is 11.9. The molecule has 0 saturated carbocycles. The van der Waals surface area contributed by atoms with Crippen LogP contribution in [0.3, 0.4) is 0 Å². The third-order valence-electron chi connectivity index (χ3n) is 2.95. The summed E-state index contributed by atoms with van der Waals surface area (Å²) < 4.78 is 6.44. The quantitative estimate of drug-likeness (QED) is 0.631. The summed E-state index contributed by atoms with van der Waals surface area (Å²) in [7, 11) is 5.08. The average molecular weight is 284 g/mol. The minimum absolute atomic E-state index is 0.246. The Hall–Kier alpha value is -1.63. The Bertz CT molecular complexity index is 498. The summed E-state index contributed by atoms with van der Waals surface area (Å²) in [5.41, 5.74) is 7.27. The van der Waals surface area contributed by atoms with Crippen molar-refractivity contribution in [1.29, 1.82) is 0 Å². The van der Waals surface area contributed by atoms with Crippen molar-refractivity contribution in [1.82, 2.24) is 9.78 Å². The maximum absolute atomic E-state index is 11.5. The first-order valence-electron chi connectivity index (χ1n) is 5.92. The number of hydrogen-bond donors (Lipinski definition) is 1. The van der Waals surface area contributed by atoms with Gasteiger partial charge in [0, 0.05) is 20.6 Å². The molecule has 0 saturated heterocycles. The van der Waals surface area contributed by atoms with E-state index in [2.05, 4.69) is 5.10 Å². The lowest BCUT2D eigenvalue weighted by molar-refractivity contribution is -0.144. The molecule has 0 fully saturated rings. The first-order valence-corrected chi connectivity index (χ1v) is 6.32. The van der Waals surface area contributed by atoms with Crippen molar-refractivity contribution in [3.05, 3.63) is 11.3 Å². The van der Waals surface area contributed by atoms with Crippen molar-refractivity contribution in [3.63, 3.8) is 0 Å². The Balaban J connectivity index is 3.03. The molecule has 0 spiro atoms. The fraction of sp³-hybridized carbons (Fsp3) is 0.583. The van der Waals surface area contributed by atoms with Crippen LogP contribution in [0.15, 0.2) is 0 Å². The van der Waals surface area contributed by atoms with Crippen LogP contribution in [-0.4, -0.2) is 41.4 Å². The van der Waals surface area contributed by atoms with Gasteiger partial charge in [-0.25, -0.2) is 0 Å². The van der Waals surface area contributed by atoms with Gasteiger partial charge in [-0.1, -0.05) is 19.1 Å². The van der Waals surface area contributed by atoms with Gasteiger partial charge < -0.3 is 15.4 Å². The van der Waals surface area contributed by atoms with Gasteiger partial charge in [-0.3, -0.25) is 9.48 Å². The van der Waals surface area contributed by atoms with Gasteiger partial charge in [-0.15, -0.1) is 0 Å². The van der Waals surface area contributed by atoms with E-state index in [0.29, 0.717) is 11.5 Å². The number of hydrogen-bond acceptors (Lipinski definition) is 5. The number of esters is 1. The molecule has 0 bridgehead atoms. The number of aryl methyl sites for hydroxylation is 2. The minimum Gasteiger partial charge on any atom is -0.469 e. The van der Waals surface area contributed by atoms with Crippen molar-refractivity contribution in [2.75, 3.05) is 25.6 Å². The van der Waals surface area contributed by atoms with E-state index in [1.807, 2.05) is 32.8 Å². The number of thiocarbonyl (C=S) groups is 1. The molecule has 6 nitrogen and oxygen atoms in total. The smallest absolute Gasteiger partial charge is 0.310 e. The maximum Gasteiger partial charge on any atom is 0.310 e. The van der Waals surface area contributed by atoms with Crippen molar-refractivity contribution in [3.8, 4) is 0 Å². The van der Waals surface area contributed by atoms with E-state index in [1.165, 1.54) is 7.11 Å². The molecule has 0 aliphatic rings. The highest BCUT2D eigenvalue weighted by molar-refractivity contribution is 7.80. The molecular formula is C12H20N4O2S. The molecule has 1 aromatic rings. The molecule has 7 heteroatoms. The zero-order chi connectivity index (χ0) is 14.7. The third kappa shape index (κ3) is 3.23. The Kier molecular flexibility index (Phi) is 4.88. The van der Waals surface area contributed by atoms with Crippen LogP contribution >= 0.6 is 12.2 Å². The zero-order valence-corrected chi connectivity index (χ0v) is 12.7. The molecule has 2 N–H and O–H groups in total. The van der Waals surface area contributed by atoms with Gasteiger partial charge >= 0.3 is 5.97 Å². The van der Waals surface area contributed by atoms with Crippen molar-refractivity contribution in [2.45, 2.75) is 13.8 Å². The maximum atomic E-state index is 11.5. The first kappa shape index (κ1) is 15.4. The largest absolute Gasteiger partial charge is 0.469 e. The average Bonchev–Trinajstić information content (AvgIpc) is 2.62. The number of aromatic nitrogens is 2. The molecule has 1 aromatic heterocycles. The molecule has 0 amide bonds. The van der Waals surface area contributed by atoms with Gasteiger partial charge in [0.05, 0.1) is 24.3 Å². The highest BCUT2D eigenvalue weighted by atomic mass is 32.1. The number of carbonyl (C=O) groups excluding carboxylic acids is 1. The highest BCUT2D eigenvalue weighted by Crippen LogP contribution is 2.23. The topological polar surface area (TPSA) is 73.4 Å². The Morgan fingerprint density at radius 2 is 2.21 bits per heavy atom. The standard InChI is InChI=1S/C12H20N4O2S/c1-7(12(17)18-5)6-15(3)11-9(10(13)19)8(2)14-16(11)4/h7H,6H2,1-5H3,(H2,13,19). The van der Waals surface area contributed by atoms with E-state index in [-0.39, 0.29) is 11.9 Å². The van der Waals surface area contributed by atoms with Crippen molar-refractivity contribution in [2.24, 2.45) is 18.7 Å². The van der Waals surface area contributed by atoms with E-state index >= 15 is 0 Å². The molecule has 0 aliphatic carbocycles. The van der Waals surface area contributed by atoms with Gasteiger partial charge in [0.15, 0.2) is 0 Å². The molecule has 1 rings (SSSR count). The van der Waals surface area contributed by atoms with Gasteiger partial charge in [-0.05, 0) is 6.92 Å². The van der Waals surface area contributed by atoms with Crippen LogP contribution in [0.5, 0.6) is 0 Å². The van der Waals surface area contributed by atoms with Crippen LogP contribution < -0.4 is 10.6 Å². The molecule has 1 unspecified atom stereocenters. The predicted molar refractivity (Wildman–Crippen MR) is 78.3 cm³/mol. The lowest BCUT2D eigenvalue weighted by atomic mass is 10.1. The van der Waals surface area contributed by atoms with E-state index in [1.54, 1.807) is 4.68 Å². The lowest BCUT2D eigenvalue weighted by Gasteiger charge is -2.23. The van der Waals surface area contributed by atoms with E-state index < -0.39 is 0 Å². The van der Waals surface area contributed by atoms with Gasteiger partial charge in [-0.2, -0.15) is 5.10 Å². The molecule has 19 heavy (non-hydrogen) atoms. The highest BCUT2D eigenvalue weighted by Gasteiger charge is 2.22. The minimum atomic E-state index is -0.248. The Labute approximate surface area is 118 Å². The van der Waals surface area contributed by atoms with E-state index in [0.717, 1.165) is 17.1 Å². The summed E-state index contributed by atoms with van der Waals surface area (Å²) in [6, 6.07) is 0.